The molecule has 0 aliphatic carbocycles. The lowest BCUT2D eigenvalue weighted by Crippen LogP contribution is -2.30. The standard InChI is InChI=1S/C77H142O6/c1-4-7-10-13-16-19-22-25-28-31-34-36-37-38-39-40-41-42-44-46-49-52-55-58-61-64-67-70-76(79)82-73-74(72-81-75(78)69-66-63-60-57-54-51-48-45-33-30-27-24-21-18-15-12-9-6-3)83-77(80)71-68-65-62-59-56-53-50-47-43-35-32-29-26-23-20-17-14-11-8-5-2/h22,25,30-31,33-34,37-38,74H,4-21,23-24,26-29,32,35-36,39-73H2,1-3H3/b25-22-,33-30-,34-31-,38-37-. The van der Waals surface area contributed by atoms with Gasteiger partial charge in [0.2, 0.25) is 0 Å². The second kappa shape index (κ2) is 71.8. The van der Waals surface area contributed by atoms with Crippen LogP contribution in [0.25, 0.3) is 0 Å². The number of ether oxygens (including phenoxy) is 3. The first kappa shape index (κ1) is 80.4. The number of hydrogen-bond donors (Lipinski definition) is 0. The molecule has 1 atom stereocenters. The molecule has 0 radical (unpaired) electrons. The summed E-state index contributed by atoms with van der Waals surface area (Å²) in [6.07, 6.45) is 91.4. The zero-order chi connectivity index (χ0) is 59.9. The Morgan fingerprint density at radius 1 is 0.241 bits per heavy atom. The van der Waals surface area contributed by atoms with E-state index in [1.807, 2.05) is 0 Å². The highest BCUT2D eigenvalue weighted by Gasteiger charge is 2.19. The van der Waals surface area contributed by atoms with E-state index in [2.05, 4.69) is 69.4 Å². The molecule has 0 bridgehead atoms. The molecule has 0 aromatic rings. The summed E-state index contributed by atoms with van der Waals surface area (Å²) in [6, 6.07) is 0. The molecule has 0 saturated carbocycles. The topological polar surface area (TPSA) is 78.9 Å². The van der Waals surface area contributed by atoms with Crippen LogP contribution in [-0.2, 0) is 28.6 Å². The fraction of sp³-hybridized carbons (Fsp3) is 0.857. The highest BCUT2D eigenvalue weighted by molar-refractivity contribution is 5.71. The predicted octanol–water partition coefficient (Wildman–Crippen LogP) is 25.7. The van der Waals surface area contributed by atoms with E-state index in [9.17, 15) is 14.4 Å². The highest BCUT2D eigenvalue weighted by Crippen LogP contribution is 2.18. The summed E-state index contributed by atoms with van der Waals surface area (Å²) in [5.41, 5.74) is 0. The zero-order valence-corrected chi connectivity index (χ0v) is 56.0. The van der Waals surface area contributed by atoms with E-state index >= 15 is 0 Å². The molecule has 1 unspecified atom stereocenters. The van der Waals surface area contributed by atoms with Gasteiger partial charge in [-0.2, -0.15) is 0 Å². The Hall–Kier alpha value is -2.63. The quantitative estimate of drug-likeness (QED) is 0.0261. The van der Waals surface area contributed by atoms with Crippen molar-refractivity contribution in [3.63, 3.8) is 0 Å². The Labute approximate surface area is 518 Å². The molecule has 0 saturated heterocycles. The van der Waals surface area contributed by atoms with Crippen molar-refractivity contribution in [2.24, 2.45) is 0 Å². The minimum Gasteiger partial charge on any atom is -0.462 e. The molecular formula is C77H142O6. The average molecular weight is 1160 g/mol. The van der Waals surface area contributed by atoms with Crippen molar-refractivity contribution >= 4 is 17.9 Å². The Bertz CT molecular complexity index is 1430. The zero-order valence-electron chi connectivity index (χ0n) is 56.0. The Kier molecular flexibility index (Phi) is 69.6. The molecule has 0 heterocycles. The van der Waals surface area contributed by atoms with Crippen LogP contribution in [0.2, 0.25) is 0 Å². The molecule has 83 heavy (non-hydrogen) atoms. The first-order valence-corrected chi connectivity index (χ1v) is 37.1. The van der Waals surface area contributed by atoms with Crippen LogP contribution in [0.1, 0.15) is 406 Å². The maximum Gasteiger partial charge on any atom is 0.306 e. The van der Waals surface area contributed by atoms with E-state index in [0.29, 0.717) is 19.3 Å². The molecule has 6 nitrogen and oxygen atoms in total. The molecule has 0 aliphatic rings. The molecule has 0 amide bonds. The largest absolute Gasteiger partial charge is 0.462 e. The van der Waals surface area contributed by atoms with Crippen molar-refractivity contribution in [2.75, 3.05) is 13.2 Å². The Morgan fingerprint density at radius 3 is 0.687 bits per heavy atom. The van der Waals surface area contributed by atoms with Gasteiger partial charge in [0.15, 0.2) is 6.10 Å². The third-order valence-corrected chi connectivity index (χ3v) is 16.8. The molecule has 0 fully saturated rings. The number of esters is 3. The fourth-order valence-corrected chi connectivity index (χ4v) is 11.2. The number of rotatable bonds is 69. The first-order valence-electron chi connectivity index (χ1n) is 37.1. The van der Waals surface area contributed by atoms with Crippen molar-refractivity contribution in [1.29, 1.82) is 0 Å². The van der Waals surface area contributed by atoms with Crippen LogP contribution in [0.5, 0.6) is 0 Å². The smallest absolute Gasteiger partial charge is 0.306 e. The normalized spacial score (nSPS) is 12.3. The van der Waals surface area contributed by atoms with Crippen LogP contribution in [0.15, 0.2) is 48.6 Å². The van der Waals surface area contributed by atoms with Crippen molar-refractivity contribution in [1.82, 2.24) is 0 Å². The lowest BCUT2D eigenvalue weighted by Gasteiger charge is -2.18. The second-order valence-corrected chi connectivity index (χ2v) is 25.2. The Balaban J connectivity index is 4.30. The van der Waals surface area contributed by atoms with Gasteiger partial charge in [-0.3, -0.25) is 14.4 Å². The maximum absolute atomic E-state index is 13.0. The molecule has 0 rings (SSSR count). The van der Waals surface area contributed by atoms with Crippen molar-refractivity contribution in [3.05, 3.63) is 48.6 Å². The van der Waals surface area contributed by atoms with Gasteiger partial charge in [0.1, 0.15) is 13.2 Å². The molecular weight excluding hydrogens is 1020 g/mol. The fourth-order valence-electron chi connectivity index (χ4n) is 11.2. The van der Waals surface area contributed by atoms with Crippen LogP contribution in [0.3, 0.4) is 0 Å². The molecule has 0 N–H and O–H groups in total. The van der Waals surface area contributed by atoms with Gasteiger partial charge in [-0.15, -0.1) is 0 Å². The molecule has 6 heteroatoms. The van der Waals surface area contributed by atoms with Crippen molar-refractivity contribution < 1.29 is 28.6 Å². The van der Waals surface area contributed by atoms with Gasteiger partial charge in [-0.05, 0) is 83.5 Å². The summed E-state index contributed by atoms with van der Waals surface area (Å²) < 4.78 is 17.0. The lowest BCUT2D eigenvalue weighted by molar-refractivity contribution is -0.167. The minimum absolute atomic E-state index is 0.0707. The van der Waals surface area contributed by atoms with Gasteiger partial charge in [-0.25, -0.2) is 0 Å². The summed E-state index contributed by atoms with van der Waals surface area (Å²) in [5.74, 6) is -0.846. The SMILES string of the molecule is CCCCCCC/C=C\C/C=C\C/C=C\CCCCCCCCCCCCCCC(=O)OCC(COC(=O)CCCCCCCCC/C=C\CCCCCCCCC)OC(=O)CCCCCCCCCCCCCCCCCCCCCC. The third-order valence-electron chi connectivity index (χ3n) is 16.8. The van der Waals surface area contributed by atoms with E-state index in [0.717, 1.165) is 70.6 Å². The first-order chi connectivity index (χ1) is 41.0. The van der Waals surface area contributed by atoms with Gasteiger partial charge in [0, 0.05) is 19.3 Å². The van der Waals surface area contributed by atoms with E-state index in [4.69, 9.17) is 14.2 Å². The van der Waals surface area contributed by atoms with Crippen LogP contribution >= 0.6 is 0 Å². The summed E-state index contributed by atoms with van der Waals surface area (Å²) in [7, 11) is 0. The third kappa shape index (κ3) is 70.0. The van der Waals surface area contributed by atoms with Gasteiger partial charge < -0.3 is 14.2 Å². The molecule has 0 aromatic carbocycles. The summed E-state index contributed by atoms with van der Waals surface area (Å²) >= 11 is 0. The number of carbonyl (C=O) groups is 3. The van der Waals surface area contributed by atoms with Crippen LogP contribution in [0, 0.1) is 0 Å². The molecule has 0 aromatic heterocycles. The Morgan fingerprint density at radius 2 is 0.434 bits per heavy atom. The van der Waals surface area contributed by atoms with Crippen LogP contribution in [-0.4, -0.2) is 37.2 Å². The number of allylic oxidation sites excluding steroid dienone is 8. The number of hydrogen-bond acceptors (Lipinski definition) is 6. The summed E-state index contributed by atoms with van der Waals surface area (Å²) in [6.45, 7) is 6.70. The van der Waals surface area contributed by atoms with E-state index in [1.165, 1.54) is 295 Å². The lowest BCUT2D eigenvalue weighted by atomic mass is 10.0. The van der Waals surface area contributed by atoms with E-state index in [1.54, 1.807) is 0 Å². The molecule has 0 spiro atoms. The van der Waals surface area contributed by atoms with Gasteiger partial charge in [0.05, 0.1) is 0 Å². The van der Waals surface area contributed by atoms with E-state index < -0.39 is 6.10 Å². The summed E-state index contributed by atoms with van der Waals surface area (Å²) in [5, 5.41) is 0. The molecule has 0 aliphatic heterocycles. The average Bonchev–Trinajstić information content (AvgIpc) is 3.49. The van der Waals surface area contributed by atoms with Crippen LogP contribution in [0.4, 0.5) is 0 Å². The number of unbranched alkanes of at least 4 members (excludes halogenated alkanes) is 50. The molecule has 486 valence electrons. The number of carbonyl (C=O) groups excluding carboxylic acids is 3. The van der Waals surface area contributed by atoms with E-state index in [-0.39, 0.29) is 31.1 Å². The van der Waals surface area contributed by atoms with Gasteiger partial charge in [0.25, 0.3) is 0 Å². The predicted molar refractivity (Wildman–Crippen MR) is 362 cm³/mol. The summed E-state index contributed by atoms with van der Waals surface area (Å²) in [4.78, 5) is 38.5. The maximum atomic E-state index is 13.0. The van der Waals surface area contributed by atoms with Gasteiger partial charge >= 0.3 is 17.9 Å². The second-order valence-electron chi connectivity index (χ2n) is 25.2. The van der Waals surface area contributed by atoms with Gasteiger partial charge in [-0.1, -0.05) is 352 Å². The van der Waals surface area contributed by atoms with Crippen molar-refractivity contribution in [2.45, 2.75) is 412 Å². The minimum atomic E-state index is -0.775. The monoisotopic (exact) mass is 1160 g/mol. The van der Waals surface area contributed by atoms with Crippen LogP contribution < -0.4 is 0 Å². The van der Waals surface area contributed by atoms with Crippen molar-refractivity contribution in [3.8, 4) is 0 Å². The highest BCUT2D eigenvalue weighted by atomic mass is 16.6.